The van der Waals surface area contributed by atoms with E-state index in [1.54, 1.807) is 0 Å². The quantitative estimate of drug-likeness (QED) is 0.118. The average molecular weight is 467 g/mol. The Hall–Kier alpha value is -0.610. The van der Waals surface area contributed by atoms with E-state index in [1.807, 2.05) is 34.6 Å². The zero-order valence-electron chi connectivity index (χ0n) is 22.8. The summed E-state index contributed by atoms with van der Waals surface area (Å²) in [7, 11) is 0. The number of hydrogen-bond acceptors (Lipinski definition) is 4. The predicted molar refractivity (Wildman–Crippen MR) is 136 cm³/mol. The Bertz CT molecular complexity index is 534. The zero-order chi connectivity index (χ0) is 24.3. The summed E-state index contributed by atoms with van der Waals surface area (Å²) in [6.07, 6.45) is 18.8. The third kappa shape index (κ3) is 12.6. The maximum atomic E-state index is 12.2. The summed E-state index contributed by atoms with van der Waals surface area (Å²) >= 11 is 0. The molecule has 2 saturated carbocycles. The predicted octanol–water partition coefficient (Wildman–Crippen LogP) is 8.42. The van der Waals surface area contributed by atoms with Crippen molar-refractivity contribution < 1.29 is 19.3 Å². The van der Waals surface area contributed by atoms with E-state index in [0.29, 0.717) is 12.3 Å². The van der Waals surface area contributed by atoms with E-state index in [2.05, 4.69) is 6.92 Å². The van der Waals surface area contributed by atoms with Gasteiger partial charge in [-0.3, -0.25) is 4.79 Å². The van der Waals surface area contributed by atoms with E-state index in [4.69, 9.17) is 14.5 Å². The fourth-order valence-electron chi connectivity index (χ4n) is 5.49. The van der Waals surface area contributed by atoms with Gasteiger partial charge in [-0.05, 0) is 84.0 Å². The molecule has 2 aliphatic rings. The normalized spacial score (nSPS) is 26.8. The van der Waals surface area contributed by atoms with Crippen molar-refractivity contribution in [2.75, 3.05) is 6.61 Å². The Labute approximate surface area is 204 Å². The molecule has 0 saturated heterocycles. The van der Waals surface area contributed by atoms with Crippen LogP contribution in [0.1, 0.15) is 138 Å². The first kappa shape index (κ1) is 28.6. The molecule has 0 heterocycles. The first-order valence-corrected chi connectivity index (χ1v) is 14.1. The van der Waals surface area contributed by atoms with Gasteiger partial charge in [0.2, 0.25) is 0 Å². The summed E-state index contributed by atoms with van der Waals surface area (Å²) in [5.74, 6) is 3.20. The zero-order valence-corrected chi connectivity index (χ0v) is 22.8. The van der Waals surface area contributed by atoms with Gasteiger partial charge < -0.3 is 4.74 Å². The Morgan fingerprint density at radius 3 is 1.64 bits per heavy atom. The molecule has 2 aliphatic carbocycles. The lowest BCUT2D eigenvalue weighted by molar-refractivity contribution is -0.349. The van der Waals surface area contributed by atoms with Crippen LogP contribution in [0.25, 0.3) is 0 Å². The van der Waals surface area contributed by atoms with Crippen LogP contribution < -0.4 is 0 Å². The van der Waals surface area contributed by atoms with Crippen molar-refractivity contribution in [3.05, 3.63) is 0 Å². The molecule has 0 aliphatic heterocycles. The maximum Gasteiger partial charge on any atom is 0.306 e. The highest BCUT2D eigenvalue weighted by molar-refractivity contribution is 5.70. The molecule has 0 atom stereocenters. The number of rotatable bonds is 13. The van der Waals surface area contributed by atoms with Crippen molar-refractivity contribution in [1.82, 2.24) is 0 Å². The number of hydrogen-bond donors (Lipinski definition) is 0. The van der Waals surface area contributed by atoms with Crippen LogP contribution in [-0.2, 0) is 19.3 Å². The van der Waals surface area contributed by atoms with Crippen LogP contribution in [0.15, 0.2) is 0 Å². The third-order valence-corrected chi connectivity index (χ3v) is 8.02. The van der Waals surface area contributed by atoms with Gasteiger partial charge in [0, 0.05) is 6.42 Å². The Morgan fingerprint density at radius 1 is 0.727 bits per heavy atom. The van der Waals surface area contributed by atoms with E-state index in [0.717, 1.165) is 37.2 Å². The molecule has 0 aromatic heterocycles. The van der Waals surface area contributed by atoms with Crippen LogP contribution in [0.3, 0.4) is 0 Å². The number of carbonyl (C=O) groups is 1. The van der Waals surface area contributed by atoms with Crippen molar-refractivity contribution in [1.29, 1.82) is 0 Å². The summed E-state index contributed by atoms with van der Waals surface area (Å²) in [4.78, 5) is 23.0. The van der Waals surface area contributed by atoms with Crippen molar-refractivity contribution in [3.63, 3.8) is 0 Å². The molecule has 0 unspecified atom stereocenters. The van der Waals surface area contributed by atoms with E-state index in [9.17, 15) is 4.79 Å². The van der Waals surface area contributed by atoms with Gasteiger partial charge in [0.1, 0.15) is 5.60 Å². The molecule has 0 radical (unpaired) electrons. The van der Waals surface area contributed by atoms with Crippen molar-refractivity contribution in [2.24, 2.45) is 23.7 Å². The number of unbranched alkanes of at least 4 members (excludes halogenated alkanes) is 1. The summed E-state index contributed by atoms with van der Waals surface area (Å²) in [5, 5.41) is 0. The molecule has 0 bridgehead atoms. The Balaban J connectivity index is 1.47. The van der Waals surface area contributed by atoms with Crippen molar-refractivity contribution in [2.45, 2.75) is 149 Å². The summed E-state index contributed by atoms with van der Waals surface area (Å²) in [6, 6.07) is 0. The number of esters is 1. The molecule has 2 fully saturated rings. The van der Waals surface area contributed by atoms with Gasteiger partial charge >= 0.3 is 5.97 Å². The van der Waals surface area contributed by atoms with Crippen LogP contribution in [0, 0.1) is 23.7 Å². The molecule has 0 aromatic carbocycles. The summed E-state index contributed by atoms with van der Waals surface area (Å²) < 4.78 is 5.65. The fraction of sp³-hybridized carbons (Fsp3) is 0.966. The van der Waals surface area contributed by atoms with Gasteiger partial charge in [-0.15, -0.1) is 0 Å². The highest BCUT2D eigenvalue weighted by Crippen LogP contribution is 2.36. The minimum atomic E-state index is -0.316. The smallest absolute Gasteiger partial charge is 0.306 e. The van der Waals surface area contributed by atoms with Crippen LogP contribution >= 0.6 is 0 Å². The fourth-order valence-corrected chi connectivity index (χ4v) is 5.49. The van der Waals surface area contributed by atoms with Crippen LogP contribution in [0.2, 0.25) is 0 Å². The molecule has 0 amide bonds. The van der Waals surface area contributed by atoms with E-state index in [1.165, 1.54) is 77.0 Å². The third-order valence-electron chi connectivity index (χ3n) is 8.02. The second-order valence-corrected chi connectivity index (χ2v) is 12.7. The van der Waals surface area contributed by atoms with Gasteiger partial charge in [0.25, 0.3) is 0 Å². The lowest BCUT2D eigenvalue weighted by atomic mass is 9.77. The molecule has 33 heavy (non-hydrogen) atoms. The summed E-state index contributed by atoms with van der Waals surface area (Å²) in [6.45, 7) is 12.9. The highest BCUT2D eigenvalue weighted by atomic mass is 17.2. The van der Waals surface area contributed by atoms with Crippen LogP contribution in [0.5, 0.6) is 0 Å². The standard InChI is InChI=1S/C29H54O4/c1-7-29(5,6)32-27(30)22-26-18-16-24(17-19-26)11-9-8-10-23-12-14-25(15-13-23)20-21-31-33-28(2,3)4/h23-26H,7-22H2,1-6H3. The molecule has 2 rings (SSSR count). The largest absolute Gasteiger partial charge is 0.460 e. The first-order valence-electron chi connectivity index (χ1n) is 14.1. The van der Waals surface area contributed by atoms with Gasteiger partial charge in [-0.25, -0.2) is 9.78 Å². The van der Waals surface area contributed by atoms with E-state index >= 15 is 0 Å². The minimum Gasteiger partial charge on any atom is -0.460 e. The molecular weight excluding hydrogens is 412 g/mol. The van der Waals surface area contributed by atoms with Gasteiger partial charge in [-0.1, -0.05) is 71.1 Å². The SMILES string of the molecule is CCC(C)(C)OC(=O)CC1CCC(CCCCC2CCC(CCOOC(C)(C)C)CC2)CC1. The Morgan fingerprint density at radius 2 is 1.18 bits per heavy atom. The number of carbonyl (C=O) groups excluding carboxylic acids is 1. The second-order valence-electron chi connectivity index (χ2n) is 12.7. The van der Waals surface area contributed by atoms with Crippen LogP contribution in [0.4, 0.5) is 0 Å². The van der Waals surface area contributed by atoms with Gasteiger partial charge in [-0.2, -0.15) is 0 Å². The molecule has 0 spiro atoms. The number of ether oxygens (including phenoxy) is 1. The molecule has 4 heteroatoms. The lowest BCUT2D eigenvalue weighted by Crippen LogP contribution is -2.28. The topological polar surface area (TPSA) is 44.8 Å². The Kier molecular flexibility index (Phi) is 12.2. The van der Waals surface area contributed by atoms with Gasteiger partial charge in [0.15, 0.2) is 0 Å². The van der Waals surface area contributed by atoms with Gasteiger partial charge in [0.05, 0.1) is 12.2 Å². The molecular formula is C29H54O4. The second kappa shape index (κ2) is 14.1. The monoisotopic (exact) mass is 466 g/mol. The van der Waals surface area contributed by atoms with E-state index in [-0.39, 0.29) is 17.2 Å². The van der Waals surface area contributed by atoms with Crippen LogP contribution in [-0.4, -0.2) is 23.8 Å². The first-order chi connectivity index (χ1) is 15.6. The lowest BCUT2D eigenvalue weighted by Gasteiger charge is -2.30. The highest BCUT2D eigenvalue weighted by Gasteiger charge is 2.27. The van der Waals surface area contributed by atoms with E-state index < -0.39 is 0 Å². The molecule has 0 aromatic rings. The summed E-state index contributed by atoms with van der Waals surface area (Å²) in [5.41, 5.74) is -0.528. The molecule has 0 N–H and O–H groups in total. The van der Waals surface area contributed by atoms with Crippen molar-refractivity contribution in [3.8, 4) is 0 Å². The molecule has 4 nitrogen and oxygen atoms in total. The maximum absolute atomic E-state index is 12.2. The minimum absolute atomic E-state index is 0.00536. The average Bonchev–Trinajstić information content (AvgIpc) is 2.75. The van der Waals surface area contributed by atoms with Crippen molar-refractivity contribution >= 4 is 5.97 Å². The molecule has 194 valence electrons.